The highest BCUT2D eigenvalue weighted by Crippen LogP contribution is 2.28. The lowest BCUT2D eigenvalue weighted by molar-refractivity contribution is 0.102. The van der Waals surface area contributed by atoms with E-state index in [-0.39, 0.29) is 5.78 Å². The Kier molecular flexibility index (Phi) is 6.03. The molecule has 0 spiro atoms. The molecule has 2 aromatic rings. The molecule has 0 radical (unpaired) electrons. The lowest BCUT2D eigenvalue weighted by atomic mass is 10.2. The second-order valence-corrected chi connectivity index (χ2v) is 5.46. The number of carbonyl (C=O) groups excluding carboxylic acids is 1. The first-order valence-corrected chi connectivity index (χ1v) is 7.73. The summed E-state index contributed by atoms with van der Waals surface area (Å²) < 4.78 is 1.17. The topological polar surface area (TPSA) is 29.1 Å². The third-order valence-corrected chi connectivity index (χ3v) is 4.11. The quantitative estimate of drug-likeness (QED) is 0.764. The predicted octanol–water partition coefficient (Wildman–Crippen LogP) is 5.34. The highest BCUT2D eigenvalue weighted by Gasteiger charge is 2.07. The fourth-order valence-electron chi connectivity index (χ4n) is 1.69. The van der Waals surface area contributed by atoms with Crippen LogP contribution in [0.2, 0.25) is 0 Å². The van der Waals surface area contributed by atoms with Crippen molar-refractivity contribution in [3.8, 4) is 0 Å². The summed E-state index contributed by atoms with van der Waals surface area (Å²) in [7, 11) is 0. The van der Waals surface area contributed by atoms with Gasteiger partial charge in [0.1, 0.15) is 0 Å². The van der Waals surface area contributed by atoms with Gasteiger partial charge in [0, 0.05) is 16.4 Å². The van der Waals surface area contributed by atoms with Crippen LogP contribution in [0.15, 0.2) is 24.3 Å². The summed E-state index contributed by atoms with van der Waals surface area (Å²) in [5.41, 5.74) is 1.12. The van der Waals surface area contributed by atoms with E-state index in [1.165, 1.54) is 4.70 Å². The molecular weight excluding hydrogens is 254 g/mol. The molecule has 1 N–H and O–H groups in total. The van der Waals surface area contributed by atoms with Crippen molar-refractivity contribution in [2.75, 3.05) is 5.32 Å². The second-order valence-electron chi connectivity index (χ2n) is 4.37. The van der Waals surface area contributed by atoms with Crippen molar-refractivity contribution in [2.45, 2.75) is 47.1 Å². The minimum absolute atomic E-state index is 0.141. The molecule has 0 bridgehead atoms. The molecule has 1 aromatic heterocycles. The van der Waals surface area contributed by atoms with Gasteiger partial charge < -0.3 is 5.32 Å². The third kappa shape index (κ3) is 4.06. The summed E-state index contributed by atoms with van der Waals surface area (Å²) in [6, 6.07) is 8.72. The molecule has 2 nitrogen and oxygen atoms in total. The Balaban J connectivity index is 0.000000861. The average molecular weight is 277 g/mol. The van der Waals surface area contributed by atoms with E-state index in [0.717, 1.165) is 22.4 Å². The molecule has 0 aliphatic carbocycles. The number of fused-ring (bicyclic) bond motifs is 1. The van der Waals surface area contributed by atoms with E-state index in [9.17, 15) is 4.79 Å². The Morgan fingerprint density at radius 2 is 2.00 bits per heavy atom. The van der Waals surface area contributed by atoms with E-state index in [1.54, 1.807) is 18.3 Å². The molecule has 1 heterocycles. The Morgan fingerprint density at radius 3 is 2.58 bits per heavy atom. The maximum atomic E-state index is 11.3. The Hall–Kier alpha value is -1.35. The molecule has 0 aliphatic heterocycles. The van der Waals surface area contributed by atoms with Gasteiger partial charge in [-0.1, -0.05) is 20.8 Å². The molecule has 3 heteroatoms. The molecular formula is C16H23NOS. The van der Waals surface area contributed by atoms with Crippen molar-refractivity contribution in [1.29, 1.82) is 0 Å². The van der Waals surface area contributed by atoms with Crippen molar-refractivity contribution in [1.82, 2.24) is 0 Å². The van der Waals surface area contributed by atoms with Gasteiger partial charge in [0.15, 0.2) is 5.78 Å². The number of hydrogen-bond donors (Lipinski definition) is 1. The highest BCUT2D eigenvalue weighted by molar-refractivity contribution is 7.20. The van der Waals surface area contributed by atoms with Gasteiger partial charge in [-0.3, -0.25) is 4.79 Å². The van der Waals surface area contributed by atoms with Crippen LogP contribution < -0.4 is 5.32 Å². The summed E-state index contributed by atoms with van der Waals surface area (Å²) in [4.78, 5) is 12.2. The van der Waals surface area contributed by atoms with Gasteiger partial charge in [0.05, 0.1) is 4.88 Å². The zero-order chi connectivity index (χ0) is 14.4. The van der Waals surface area contributed by atoms with Gasteiger partial charge in [-0.05, 0) is 49.9 Å². The number of rotatable bonds is 4. The number of hydrogen-bond acceptors (Lipinski definition) is 3. The van der Waals surface area contributed by atoms with Crippen LogP contribution in [0.25, 0.3) is 10.1 Å². The molecule has 1 unspecified atom stereocenters. The Morgan fingerprint density at radius 1 is 1.32 bits per heavy atom. The van der Waals surface area contributed by atoms with Crippen LogP contribution in [0, 0.1) is 0 Å². The molecule has 0 saturated carbocycles. The van der Waals surface area contributed by atoms with Crippen LogP contribution in [-0.2, 0) is 0 Å². The molecule has 19 heavy (non-hydrogen) atoms. The normalized spacial score (nSPS) is 11.6. The molecule has 0 aliphatic rings. The lowest BCUT2D eigenvalue weighted by Crippen LogP contribution is -2.12. The lowest BCUT2D eigenvalue weighted by Gasteiger charge is -2.12. The first kappa shape index (κ1) is 15.7. The van der Waals surface area contributed by atoms with Gasteiger partial charge in [-0.25, -0.2) is 0 Å². The Bertz CT molecular complexity index is 545. The fraction of sp³-hybridized carbons (Fsp3) is 0.438. The summed E-state index contributed by atoms with van der Waals surface area (Å²) in [5.74, 6) is 0.141. The molecule has 0 amide bonds. The van der Waals surface area contributed by atoms with Gasteiger partial charge in [-0.2, -0.15) is 0 Å². The molecule has 104 valence electrons. The van der Waals surface area contributed by atoms with Crippen molar-refractivity contribution < 1.29 is 4.79 Å². The average Bonchev–Trinajstić information content (AvgIpc) is 2.84. The fourth-order valence-corrected chi connectivity index (χ4v) is 2.63. The highest BCUT2D eigenvalue weighted by atomic mass is 32.1. The monoisotopic (exact) mass is 277 g/mol. The number of carbonyl (C=O) groups is 1. The number of benzene rings is 1. The predicted molar refractivity (Wildman–Crippen MR) is 86.6 cm³/mol. The summed E-state index contributed by atoms with van der Waals surface area (Å²) >= 11 is 1.56. The van der Waals surface area contributed by atoms with Crippen LogP contribution in [0.3, 0.4) is 0 Å². The van der Waals surface area contributed by atoms with E-state index >= 15 is 0 Å². The zero-order valence-corrected chi connectivity index (χ0v) is 13.2. The van der Waals surface area contributed by atoms with Crippen molar-refractivity contribution in [3.05, 3.63) is 29.1 Å². The summed E-state index contributed by atoms with van der Waals surface area (Å²) in [6.07, 6.45) is 1.10. The number of thiophene rings is 1. The van der Waals surface area contributed by atoms with Crippen molar-refractivity contribution >= 4 is 32.9 Å². The first-order valence-electron chi connectivity index (χ1n) is 6.91. The minimum atomic E-state index is 0.141. The number of anilines is 1. The second kappa shape index (κ2) is 7.29. The van der Waals surface area contributed by atoms with Crippen LogP contribution in [0.4, 0.5) is 5.69 Å². The van der Waals surface area contributed by atoms with Gasteiger partial charge in [0.2, 0.25) is 0 Å². The first-order chi connectivity index (χ1) is 9.10. The maximum Gasteiger partial charge on any atom is 0.169 e. The van der Waals surface area contributed by atoms with E-state index in [4.69, 9.17) is 0 Å². The molecule has 1 aromatic carbocycles. The number of nitrogens with one attached hydrogen (secondary N) is 1. The zero-order valence-electron chi connectivity index (χ0n) is 12.4. The third-order valence-electron chi connectivity index (χ3n) is 2.89. The van der Waals surface area contributed by atoms with Gasteiger partial charge in [0.25, 0.3) is 0 Å². The smallest absolute Gasteiger partial charge is 0.169 e. The van der Waals surface area contributed by atoms with Gasteiger partial charge >= 0.3 is 0 Å². The van der Waals surface area contributed by atoms with Crippen molar-refractivity contribution in [2.24, 2.45) is 0 Å². The van der Waals surface area contributed by atoms with Crippen molar-refractivity contribution in [3.63, 3.8) is 0 Å². The minimum Gasteiger partial charge on any atom is -0.383 e. The summed E-state index contributed by atoms with van der Waals surface area (Å²) in [6.45, 7) is 9.94. The molecule has 0 saturated heterocycles. The van der Waals surface area contributed by atoms with E-state index < -0.39 is 0 Å². The number of Topliss-reactive ketones (excluding diaryl/α,β-unsaturated/α-hetero) is 1. The summed E-state index contributed by atoms with van der Waals surface area (Å²) in [5, 5.41) is 4.59. The largest absolute Gasteiger partial charge is 0.383 e. The molecule has 2 rings (SSSR count). The van der Waals surface area contributed by atoms with Crippen LogP contribution in [0.5, 0.6) is 0 Å². The number of ketones is 1. The molecule has 0 fully saturated rings. The maximum absolute atomic E-state index is 11.3. The van der Waals surface area contributed by atoms with E-state index in [1.807, 2.05) is 19.9 Å². The van der Waals surface area contributed by atoms with Gasteiger partial charge in [-0.15, -0.1) is 11.3 Å². The van der Waals surface area contributed by atoms with Crippen LogP contribution >= 0.6 is 11.3 Å². The van der Waals surface area contributed by atoms with Crippen LogP contribution in [0.1, 0.15) is 50.7 Å². The van der Waals surface area contributed by atoms with E-state index in [0.29, 0.717) is 6.04 Å². The molecule has 1 atom stereocenters. The van der Waals surface area contributed by atoms with E-state index in [2.05, 4.69) is 37.4 Å². The standard InChI is InChI=1S/C14H17NOS.C2H6/c1-4-9(2)15-12-5-6-13-11(7-12)8-14(17-13)10(3)16;1-2/h5-9,15H,4H2,1-3H3;1-2H3. The SMILES string of the molecule is CC.CCC(C)Nc1ccc2sc(C(C)=O)cc2c1. The Labute approximate surface area is 119 Å². The van der Waals surface area contributed by atoms with Crippen LogP contribution in [-0.4, -0.2) is 11.8 Å².